The number of para-hydroxylation sites is 2. The van der Waals surface area contributed by atoms with Crippen molar-refractivity contribution in [3.63, 3.8) is 0 Å². The molecule has 314 valence electrons. The summed E-state index contributed by atoms with van der Waals surface area (Å²) >= 11 is 0. The van der Waals surface area contributed by atoms with Crippen LogP contribution in [0.3, 0.4) is 0 Å². The molecule has 1 aliphatic carbocycles. The molecule has 2 heterocycles. The number of phenols is 1. The Labute approximate surface area is 388 Å². The van der Waals surface area contributed by atoms with Crippen molar-refractivity contribution < 1.29 is 28.9 Å². The summed E-state index contributed by atoms with van der Waals surface area (Å²) < 4.78 is 20.8. The number of phenolic OH excluding ortho intramolecular Hbond substituents is 1. The molecule has 4 nitrogen and oxygen atoms in total. The number of aromatic nitrogens is 3. The molecular weight excluding hydrogens is 950 g/mol. The van der Waals surface area contributed by atoms with Crippen LogP contribution in [0.5, 0.6) is 5.75 Å². The van der Waals surface area contributed by atoms with Gasteiger partial charge in [0.25, 0.3) is 0 Å². The number of benzene rings is 7. The van der Waals surface area contributed by atoms with Gasteiger partial charge in [0.05, 0.1) is 22.3 Å². The molecular formula is C58H50N3OPt-. The summed E-state index contributed by atoms with van der Waals surface area (Å²) in [4.78, 5) is 10.2. The molecule has 0 saturated heterocycles. The Kier molecular flexibility index (Phi) is 11.2. The molecule has 7 aromatic carbocycles. The molecule has 1 aliphatic rings. The first-order valence-corrected chi connectivity index (χ1v) is 21.6. The zero-order chi connectivity index (χ0) is 44.1. The van der Waals surface area contributed by atoms with Crippen LogP contribution in [-0.2, 0) is 26.5 Å². The van der Waals surface area contributed by atoms with Crippen molar-refractivity contribution in [1.82, 2.24) is 14.5 Å². The standard InChI is InChI=1S/C58H50N3O.Pt/c1-58(2,3)48-32-33-53(51(38-48)44-16-8-5-9-17-44)61-54-22-13-21-49(56(54)60-57(61)50-20-10-11-23-55(50)62)46-18-12-19-47(36-46)52-37-45(34-35-59-52)43-30-28-42(29-31-43)41-26-24-40(25-27-41)39-14-6-4-7-15-39;/h4-23,28-35,37-38,40-41,62H,24-27H2,1-3H3;/q-1;/i40D,41D;. The Morgan fingerprint density at radius 1 is 0.587 bits per heavy atom. The number of pyridine rings is 1. The van der Waals surface area contributed by atoms with Gasteiger partial charge in [0.1, 0.15) is 11.6 Å². The van der Waals surface area contributed by atoms with Crippen LogP contribution in [0.25, 0.3) is 72.7 Å². The van der Waals surface area contributed by atoms with Crippen molar-refractivity contribution in [1.29, 1.82) is 0 Å². The van der Waals surface area contributed by atoms with Crippen molar-refractivity contribution >= 4 is 11.0 Å². The van der Waals surface area contributed by atoms with Crippen LogP contribution in [0, 0.1) is 6.07 Å². The molecule has 63 heavy (non-hydrogen) atoms. The number of aromatic hydroxyl groups is 1. The van der Waals surface area contributed by atoms with Crippen LogP contribution in [0.1, 0.15) is 77.7 Å². The SMILES string of the molecule is [2H]C1(c2ccccc2)CCC([2H])(c2ccc(-c3ccnc(-c4[c-]c(-c5cccc6c5nc(-c5ccccc5O)n6-c5ccc(C(C)(C)C)cc5-c5ccccc5)ccc4)c3)cc2)CC1.[Pt]. The average Bonchev–Trinajstić information content (AvgIpc) is 3.72. The third-order valence-electron chi connectivity index (χ3n) is 12.4. The van der Waals surface area contributed by atoms with E-state index in [0.29, 0.717) is 37.1 Å². The summed E-state index contributed by atoms with van der Waals surface area (Å²) in [5.74, 6) is -0.537. The van der Waals surface area contributed by atoms with Crippen LogP contribution in [0.15, 0.2) is 182 Å². The van der Waals surface area contributed by atoms with Crippen molar-refractivity contribution in [2.45, 2.75) is 63.7 Å². The monoisotopic (exact) mass is 1000 g/mol. The van der Waals surface area contributed by atoms with Crippen molar-refractivity contribution in [2.75, 3.05) is 0 Å². The van der Waals surface area contributed by atoms with Crippen LogP contribution < -0.4 is 0 Å². The van der Waals surface area contributed by atoms with Gasteiger partial charge in [0, 0.05) is 41.3 Å². The molecule has 1 N–H and O–H groups in total. The van der Waals surface area contributed by atoms with Gasteiger partial charge in [0.15, 0.2) is 0 Å². The summed E-state index contributed by atoms with van der Waals surface area (Å²) in [5.41, 5.74) is 14.3. The molecule has 0 amide bonds. The maximum absolute atomic E-state index is 11.3. The molecule has 5 heteroatoms. The number of fused-ring (bicyclic) bond motifs is 1. The third kappa shape index (κ3) is 8.45. The number of rotatable bonds is 8. The van der Waals surface area contributed by atoms with Gasteiger partial charge in [-0.3, -0.25) is 9.55 Å². The Hall–Kier alpha value is -6.35. The molecule has 0 atom stereocenters. The summed E-state index contributed by atoms with van der Waals surface area (Å²) in [6.45, 7) is 6.70. The predicted molar refractivity (Wildman–Crippen MR) is 256 cm³/mol. The van der Waals surface area contributed by atoms with Crippen LogP contribution in [0.4, 0.5) is 0 Å². The molecule has 10 rings (SSSR count). The molecule has 0 aliphatic heterocycles. The minimum Gasteiger partial charge on any atom is -0.507 e. The zero-order valence-electron chi connectivity index (χ0n) is 37.8. The molecule has 0 spiro atoms. The van der Waals surface area contributed by atoms with Crippen molar-refractivity contribution in [3.8, 4) is 67.5 Å². The summed E-state index contributed by atoms with van der Waals surface area (Å²) in [7, 11) is 0. The predicted octanol–water partition coefficient (Wildman–Crippen LogP) is 15.0. The van der Waals surface area contributed by atoms with E-state index in [-0.39, 0.29) is 32.2 Å². The molecule has 2 aromatic heterocycles. The maximum Gasteiger partial charge on any atom is 0.148 e. The Morgan fingerprint density at radius 2 is 1.22 bits per heavy atom. The van der Waals surface area contributed by atoms with Gasteiger partial charge in [-0.05, 0) is 113 Å². The topological polar surface area (TPSA) is 50.9 Å². The summed E-state index contributed by atoms with van der Waals surface area (Å²) in [6.07, 6.45) is 4.49. The molecule has 9 aromatic rings. The number of hydrogen-bond donors (Lipinski definition) is 1. The summed E-state index contributed by atoms with van der Waals surface area (Å²) in [6, 6.07) is 63.4. The van der Waals surface area contributed by atoms with E-state index in [2.05, 4.69) is 141 Å². The van der Waals surface area contributed by atoms with Gasteiger partial charge in [-0.25, -0.2) is 4.98 Å². The largest absolute Gasteiger partial charge is 0.507 e. The average molecular weight is 1000 g/mol. The number of imidazole rings is 1. The first-order valence-electron chi connectivity index (χ1n) is 22.6. The van der Waals surface area contributed by atoms with Crippen LogP contribution >= 0.6 is 0 Å². The fraction of sp³-hybridized carbons (Fsp3) is 0.172. The molecule has 1 fully saturated rings. The second-order valence-electron chi connectivity index (χ2n) is 17.4. The second kappa shape index (κ2) is 17.8. The van der Waals surface area contributed by atoms with Crippen molar-refractivity contribution in [2.24, 2.45) is 0 Å². The Morgan fingerprint density at radius 3 is 1.94 bits per heavy atom. The number of nitrogens with zero attached hydrogens (tertiary/aromatic N) is 3. The Balaban J connectivity index is 0.00000533. The van der Waals surface area contributed by atoms with Crippen LogP contribution in [-0.4, -0.2) is 19.6 Å². The van der Waals surface area contributed by atoms with Gasteiger partial charge < -0.3 is 5.11 Å². The van der Waals surface area contributed by atoms with Crippen molar-refractivity contribution in [3.05, 3.63) is 205 Å². The van der Waals surface area contributed by atoms with E-state index in [1.54, 1.807) is 6.07 Å². The van der Waals surface area contributed by atoms with E-state index >= 15 is 0 Å². The van der Waals surface area contributed by atoms with E-state index in [9.17, 15) is 6.48 Å². The van der Waals surface area contributed by atoms with E-state index in [1.807, 2.05) is 66.9 Å². The van der Waals surface area contributed by atoms with E-state index in [0.717, 1.165) is 72.5 Å². The van der Waals surface area contributed by atoms with E-state index in [1.165, 1.54) is 5.56 Å². The van der Waals surface area contributed by atoms with Gasteiger partial charge in [-0.15, -0.1) is 29.8 Å². The zero-order valence-corrected chi connectivity index (χ0v) is 38.0. The molecule has 1 saturated carbocycles. The second-order valence-corrected chi connectivity index (χ2v) is 17.4. The van der Waals surface area contributed by atoms with Crippen LogP contribution in [0.2, 0.25) is 0 Å². The van der Waals surface area contributed by atoms with Gasteiger partial charge in [-0.2, -0.15) is 0 Å². The number of hydrogen-bond acceptors (Lipinski definition) is 3. The molecule has 0 radical (unpaired) electrons. The molecule has 0 bridgehead atoms. The molecule has 0 unspecified atom stereocenters. The fourth-order valence-electron chi connectivity index (χ4n) is 8.99. The van der Waals surface area contributed by atoms with Gasteiger partial charge >= 0.3 is 0 Å². The normalized spacial score (nSPS) is 18.0. The summed E-state index contributed by atoms with van der Waals surface area (Å²) in [5, 5.41) is 11.3. The van der Waals surface area contributed by atoms with E-state index in [4.69, 9.17) is 11.3 Å². The van der Waals surface area contributed by atoms with Gasteiger partial charge in [0.2, 0.25) is 0 Å². The first kappa shape index (κ1) is 39.5. The van der Waals surface area contributed by atoms with Gasteiger partial charge in [-0.1, -0.05) is 153 Å². The smallest absolute Gasteiger partial charge is 0.148 e. The van der Waals surface area contributed by atoms with E-state index < -0.39 is 11.8 Å². The minimum atomic E-state index is -0.710. The first-order chi connectivity index (χ1) is 31.0. The quantitative estimate of drug-likeness (QED) is 0.154. The minimum absolute atomic E-state index is 0. The fourth-order valence-corrected chi connectivity index (χ4v) is 8.99. The third-order valence-corrected chi connectivity index (χ3v) is 12.4. The Bertz CT molecular complexity index is 3130. The maximum atomic E-state index is 11.3.